The molecule has 0 aromatic heterocycles. The summed E-state index contributed by atoms with van der Waals surface area (Å²) in [7, 11) is 0. The van der Waals surface area contributed by atoms with Crippen molar-refractivity contribution >= 4 is 0 Å². The van der Waals surface area contributed by atoms with Crippen LogP contribution in [0.5, 0.6) is 5.75 Å². The second-order valence-electron chi connectivity index (χ2n) is 2.66. The molecule has 0 radical (unpaired) electrons. The Balaban J connectivity index is 2.83. The average molecular weight is 188 g/mol. The molecule has 1 unspecified atom stereocenters. The monoisotopic (exact) mass is 188 g/mol. The number of aliphatic hydroxyl groups excluding tert-OH is 1. The lowest BCUT2D eigenvalue weighted by Crippen LogP contribution is -2.17. The van der Waals surface area contributed by atoms with Gasteiger partial charge in [-0.25, -0.2) is 4.39 Å². The topological polar surface area (TPSA) is 29.5 Å². The van der Waals surface area contributed by atoms with E-state index in [2.05, 4.69) is 0 Å². The van der Waals surface area contributed by atoms with Crippen LogP contribution < -0.4 is 4.74 Å². The molecule has 0 bridgehead atoms. The lowest BCUT2D eigenvalue weighted by atomic mass is 10.3. The summed E-state index contributed by atoms with van der Waals surface area (Å²) in [5, 5.41) is 8.62. The van der Waals surface area contributed by atoms with Crippen LogP contribution in [-0.4, -0.2) is 17.8 Å². The smallest absolute Gasteiger partial charge is 0.200 e. The van der Waals surface area contributed by atoms with Crippen molar-refractivity contribution in [2.24, 2.45) is 0 Å². The zero-order valence-corrected chi connectivity index (χ0v) is 7.13. The van der Waals surface area contributed by atoms with Gasteiger partial charge in [0.05, 0.1) is 6.61 Å². The molecule has 0 aliphatic carbocycles. The fourth-order valence-corrected chi connectivity index (χ4v) is 0.829. The summed E-state index contributed by atoms with van der Waals surface area (Å²) < 4.78 is 30.4. The Bertz CT molecular complexity index is 289. The molecule has 0 amide bonds. The van der Waals surface area contributed by atoms with Gasteiger partial charge < -0.3 is 9.84 Å². The van der Waals surface area contributed by atoms with Crippen LogP contribution in [0.3, 0.4) is 0 Å². The Morgan fingerprint density at radius 3 is 2.77 bits per heavy atom. The molecule has 0 heterocycles. The number of aliphatic hydroxyl groups is 1. The van der Waals surface area contributed by atoms with Crippen LogP contribution in [0.2, 0.25) is 0 Å². The molecule has 2 nitrogen and oxygen atoms in total. The normalized spacial score (nSPS) is 12.6. The molecule has 1 aromatic carbocycles. The van der Waals surface area contributed by atoms with Gasteiger partial charge in [-0.1, -0.05) is 6.07 Å². The predicted octanol–water partition coefficient (Wildman–Crippen LogP) is 1.72. The van der Waals surface area contributed by atoms with Crippen LogP contribution in [0.1, 0.15) is 6.92 Å². The third-order valence-electron chi connectivity index (χ3n) is 1.50. The van der Waals surface area contributed by atoms with E-state index in [1.54, 1.807) is 6.92 Å². The highest BCUT2D eigenvalue weighted by Crippen LogP contribution is 2.19. The molecule has 0 fully saturated rings. The van der Waals surface area contributed by atoms with Crippen molar-refractivity contribution in [3.05, 3.63) is 29.8 Å². The number of halogens is 2. The molecule has 0 aliphatic heterocycles. The van der Waals surface area contributed by atoms with E-state index in [9.17, 15) is 8.78 Å². The third-order valence-corrected chi connectivity index (χ3v) is 1.50. The first-order valence-corrected chi connectivity index (χ1v) is 3.86. The van der Waals surface area contributed by atoms with Crippen molar-refractivity contribution < 1.29 is 18.6 Å². The minimum absolute atomic E-state index is 0.179. The van der Waals surface area contributed by atoms with Gasteiger partial charge in [-0.3, -0.25) is 0 Å². The molecule has 1 N–H and O–H groups in total. The molecular weight excluding hydrogens is 178 g/mol. The maximum atomic E-state index is 12.9. The highest BCUT2D eigenvalue weighted by Gasteiger charge is 2.10. The van der Waals surface area contributed by atoms with Gasteiger partial charge in [0.2, 0.25) is 5.82 Å². The van der Waals surface area contributed by atoms with Crippen LogP contribution >= 0.6 is 0 Å². The minimum atomic E-state index is -1.03. The van der Waals surface area contributed by atoms with Crippen molar-refractivity contribution in [3.63, 3.8) is 0 Å². The van der Waals surface area contributed by atoms with E-state index in [1.807, 2.05) is 0 Å². The minimum Gasteiger partial charge on any atom is -0.485 e. The lowest BCUT2D eigenvalue weighted by molar-refractivity contribution is 0.124. The zero-order chi connectivity index (χ0) is 9.84. The molecule has 13 heavy (non-hydrogen) atoms. The van der Waals surface area contributed by atoms with Gasteiger partial charge in [0, 0.05) is 0 Å². The predicted molar refractivity (Wildman–Crippen MR) is 43.5 cm³/mol. The maximum Gasteiger partial charge on any atom is 0.200 e. The number of ether oxygens (including phenoxy) is 1. The molecule has 0 saturated heterocycles. The average Bonchev–Trinajstić information content (AvgIpc) is 2.13. The SMILES string of the molecule is CC(CO)Oc1cccc(F)c1F. The van der Waals surface area contributed by atoms with Crippen LogP contribution in [0, 0.1) is 11.6 Å². The molecule has 0 spiro atoms. The van der Waals surface area contributed by atoms with Crippen molar-refractivity contribution in [2.45, 2.75) is 13.0 Å². The van der Waals surface area contributed by atoms with Crippen molar-refractivity contribution in [1.82, 2.24) is 0 Å². The van der Waals surface area contributed by atoms with Gasteiger partial charge in [-0.2, -0.15) is 4.39 Å². The Labute approximate surface area is 74.8 Å². The van der Waals surface area contributed by atoms with E-state index in [1.165, 1.54) is 12.1 Å². The Morgan fingerprint density at radius 1 is 1.46 bits per heavy atom. The Hall–Kier alpha value is -1.16. The van der Waals surface area contributed by atoms with E-state index in [-0.39, 0.29) is 12.4 Å². The number of benzene rings is 1. The summed E-state index contributed by atoms with van der Waals surface area (Å²) in [6.45, 7) is 1.32. The zero-order valence-electron chi connectivity index (χ0n) is 7.13. The van der Waals surface area contributed by atoms with Crippen LogP contribution in [-0.2, 0) is 0 Å². The van der Waals surface area contributed by atoms with E-state index in [0.717, 1.165) is 6.07 Å². The molecule has 1 atom stereocenters. The molecular formula is C9H10F2O2. The molecule has 1 rings (SSSR count). The highest BCUT2D eigenvalue weighted by molar-refractivity contribution is 5.25. The van der Waals surface area contributed by atoms with Gasteiger partial charge in [0.25, 0.3) is 0 Å². The summed E-state index contributed by atoms with van der Waals surface area (Å²) in [5.41, 5.74) is 0. The molecule has 0 saturated carbocycles. The largest absolute Gasteiger partial charge is 0.485 e. The summed E-state index contributed by atoms with van der Waals surface area (Å²) in [6.07, 6.45) is -0.545. The fourth-order valence-electron chi connectivity index (χ4n) is 0.829. The summed E-state index contributed by atoms with van der Waals surface area (Å²) >= 11 is 0. The number of hydrogen-bond acceptors (Lipinski definition) is 2. The lowest BCUT2D eigenvalue weighted by Gasteiger charge is -2.12. The summed E-state index contributed by atoms with van der Waals surface area (Å²) in [4.78, 5) is 0. The number of rotatable bonds is 3. The Kier molecular flexibility index (Phi) is 3.19. The second-order valence-corrected chi connectivity index (χ2v) is 2.66. The number of hydrogen-bond donors (Lipinski definition) is 1. The molecule has 4 heteroatoms. The van der Waals surface area contributed by atoms with Gasteiger partial charge in [0.1, 0.15) is 6.10 Å². The third kappa shape index (κ3) is 2.39. The first kappa shape index (κ1) is 9.92. The molecule has 1 aromatic rings. The van der Waals surface area contributed by atoms with Crippen LogP contribution in [0.4, 0.5) is 8.78 Å². The molecule has 0 aliphatic rings. The van der Waals surface area contributed by atoms with Crippen LogP contribution in [0.15, 0.2) is 18.2 Å². The van der Waals surface area contributed by atoms with Gasteiger partial charge in [0.15, 0.2) is 11.6 Å². The van der Waals surface area contributed by atoms with Gasteiger partial charge >= 0.3 is 0 Å². The molecule has 72 valence electrons. The van der Waals surface area contributed by atoms with Crippen LogP contribution in [0.25, 0.3) is 0 Å². The highest BCUT2D eigenvalue weighted by atomic mass is 19.2. The van der Waals surface area contributed by atoms with Gasteiger partial charge in [-0.15, -0.1) is 0 Å². The summed E-state index contributed by atoms with van der Waals surface area (Å²) in [5.74, 6) is -2.16. The second kappa shape index (κ2) is 4.18. The Morgan fingerprint density at radius 2 is 2.15 bits per heavy atom. The maximum absolute atomic E-state index is 12.9. The van der Waals surface area contributed by atoms with Crippen molar-refractivity contribution in [2.75, 3.05) is 6.61 Å². The summed E-state index contributed by atoms with van der Waals surface area (Å²) in [6, 6.07) is 3.66. The standard InChI is InChI=1S/C9H10F2O2/c1-6(5-12)13-8-4-2-3-7(10)9(8)11/h2-4,6,12H,5H2,1H3. The fraction of sp³-hybridized carbons (Fsp3) is 0.333. The van der Waals surface area contributed by atoms with Gasteiger partial charge in [-0.05, 0) is 19.1 Å². The van der Waals surface area contributed by atoms with E-state index >= 15 is 0 Å². The van der Waals surface area contributed by atoms with E-state index < -0.39 is 17.7 Å². The quantitative estimate of drug-likeness (QED) is 0.782. The van der Waals surface area contributed by atoms with Crippen molar-refractivity contribution in [3.8, 4) is 5.75 Å². The first-order valence-electron chi connectivity index (χ1n) is 3.86. The van der Waals surface area contributed by atoms with E-state index in [4.69, 9.17) is 9.84 Å². The first-order chi connectivity index (χ1) is 6.15. The van der Waals surface area contributed by atoms with Crippen molar-refractivity contribution in [1.29, 1.82) is 0 Å². The van der Waals surface area contributed by atoms with E-state index in [0.29, 0.717) is 0 Å².